The largest absolute Gasteiger partial charge is 2.00 e. The Hall–Kier alpha value is -4.19. The van der Waals surface area contributed by atoms with Gasteiger partial charge in [-0.25, -0.2) is 0 Å². The number of hydrogen-bond donors (Lipinski definition) is 0. The van der Waals surface area contributed by atoms with Gasteiger partial charge in [0, 0.05) is 14.1 Å². The molecule has 0 atom stereocenters. The third kappa shape index (κ3) is 8.90. The van der Waals surface area contributed by atoms with Crippen molar-refractivity contribution in [2.45, 2.75) is 9.79 Å². The van der Waals surface area contributed by atoms with E-state index < -0.39 is 20.0 Å². The van der Waals surface area contributed by atoms with Crippen molar-refractivity contribution in [3.05, 3.63) is 120 Å². The van der Waals surface area contributed by atoms with Crippen molar-refractivity contribution in [2.75, 3.05) is 14.1 Å². The van der Waals surface area contributed by atoms with Crippen LogP contribution in [-0.4, -0.2) is 52.2 Å². The van der Waals surface area contributed by atoms with E-state index in [9.17, 15) is 27.0 Å². The summed E-state index contributed by atoms with van der Waals surface area (Å²) in [5, 5.41) is 30.6. The molecule has 4 rings (SSSR count). The Balaban J connectivity index is 0.000000280. The summed E-state index contributed by atoms with van der Waals surface area (Å²) in [6.45, 7) is 0. The van der Waals surface area contributed by atoms with E-state index in [0.717, 1.165) is 8.83 Å². The summed E-state index contributed by atoms with van der Waals surface area (Å²) in [5.41, 5.74) is 0.672. The number of para-hydroxylation sites is 2. The smallest absolute Gasteiger partial charge is 0.872 e. The van der Waals surface area contributed by atoms with Crippen molar-refractivity contribution in [3.63, 3.8) is 0 Å². The molecule has 0 aliphatic heterocycles. The van der Waals surface area contributed by atoms with Gasteiger partial charge >= 0.3 is 16.5 Å². The maximum Gasteiger partial charge on any atom is 2.00 e. The molecule has 0 aliphatic rings. The Morgan fingerprint density at radius 2 is 0.829 bits per heavy atom. The molecule has 0 unspecified atom stereocenters. The standard InChI is InChI=1S/2C14H14N2O3S.Ni/c2*1-16(15-11-12-7-5-6-10-14(12)17)20(18,19)13-8-3-2-4-9-13;/h2*2-11,17H,1H3;/q;;+2/p-2/b2*15-11+;. The molecule has 0 heterocycles. The topological polar surface area (TPSA) is 146 Å². The number of sulfonamides is 2. The van der Waals surface area contributed by atoms with Crippen LogP contribution in [-0.2, 0) is 36.5 Å². The van der Waals surface area contributed by atoms with Crippen LogP contribution in [0.3, 0.4) is 0 Å². The number of rotatable bonds is 8. The first kappa shape index (κ1) is 33.0. The molecule has 0 saturated carbocycles. The van der Waals surface area contributed by atoms with E-state index in [2.05, 4.69) is 10.2 Å². The van der Waals surface area contributed by atoms with Gasteiger partial charge in [-0.05, 0) is 35.4 Å². The van der Waals surface area contributed by atoms with Crippen LogP contribution in [0, 0.1) is 0 Å². The molecule has 0 saturated heterocycles. The average Bonchev–Trinajstić information content (AvgIpc) is 2.97. The van der Waals surface area contributed by atoms with Gasteiger partial charge in [0.05, 0.1) is 22.2 Å². The Kier molecular flexibility index (Phi) is 12.1. The van der Waals surface area contributed by atoms with Crippen LogP contribution in [0.1, 0.15) is 11.1 Å². The zero-order valence-electron chi connectivity index (χ0n) is 21.9. The van der Waals surface area contributed by atoms with Gasteiger partial charge in [0.2, 0.25) is 0 Å². The molecular formula is C28H26N4NiO6S2. The molecule has 0 aromatic heterocycles. The summed E-state index contributed by atoms with van der Waals surface area (Å²) in [4.78, 5) is 0.296. The average molecular weight is 637 g/mol. The van der Waals surface area contributed by atoms with E-state index in [1.54, 1.807) is 72.8 Å². The summed E-state index contributed by atoms with van der Waals surface area (Å²) in [5.74, 6) is -0.413. The van der Waals surface area contributed by atoms with E-state index in [1.807, 2.05) is 0 Å². The second-order valence-electron chi connectivity index (χ2n) is 8.07. The fourth-order valence-corrected chi connectivity index (χ4v) is 5.03. The van der Waals surface area contributed by atoms with Gasteiger partial charge < -0.3 is 10.2 Å². The van der Waals surface area contributed by atoms with Crippen molar-refractivity contribution < 1.29 is 43.5 Å². The predicted molar refractivity (Wildman–Crippen MR) is 150 cm³/mol. The maximum atomic E-state index is 12.2. The molecule has 41 heavy (non-hydrogen) atoms. The van der Waals surface area contributed by atoms with Crippen molar-refractivity contribution in [1.29, 1.82) is 0 Å². The molecule has 0 amide bonds. The van der Waals surface area contributed by atoms with Crippen LogP contribution in [0.2, 0.25) is 0 Å². The van der Waals surface area contributed by atoms with Crippen LogP contribution >= 0.6 is 0 Å². The van der Waals surface area contributed by atoms with Gasteiger partial charge in [-0.3, -0.25) is 0 Å². The molecule has 0 N–H and O–H groups in total. The third-order valence-corrected chi connectivity index (χ3v) is 8.65. The van der Waals surface area contributed by atoms with Gasteiger partial charge in [0.15, 0.2) is 0 Å². The van der Waals surface area contributed by atoms with Crippen LogP contribution < -0.4 is 10.2 Å². The monoisotopic (exact) mass is 636 g/mol. The van der Waals surface area contributed by atoms with Crippen LogP contribution in [0.15, 0.2) is 129 Å². The minimum atomic E-state index is -3.69. The van der Waals surface area contributed by atoms with E-state index in [-0.39, 0.29) is 37.8 Å². The molecule has 0 fully saturated rings. The first-order valence-electron chi connectivity index (χ1n) is 11.7. The molecule has 10 nitrogen and oxygen atoms in total. The molecule has 4 aromatic carbocycles. The summed E-state index contributed by atoms with van der Waals surface area (Å²) in [6.07, 6.45) is 2.48. The molecule has 216 valence electrons. The van der Waals surface area contributed by atoms with E-state index in [1.165, 1.54) is 62.9 Å². The molecular weight excluding hydrogens is 611 g/mol. The molecule has 0 aliphatic carbocycles. The number of hydrazone groups is 2. The Bertz CT molecular complexity index is 1560. The quantitative estimate of drug-likeness (QED) is 0.165. The second-order valence-corrected chi connectivity index (χ2v) is 12.0. The number of hydrogen-bond acceptors (Lipinski definition) is 8. The fourth-order valence-electron chi connectivity index (χ4n) is 3.08. The second kappa shape index (κ2) is 15.0. The third-order valence-electron chi connectivity index (χ3n) is 5.33. The Morgan fingerprint density at radius 1 is 0.537 bits per heavy atom. The number of benzene rings is 4. The predicted octanol–water partition coefficient (Wildman–Crippen LogP) is 2.83. The summed E-state index contributed by atoms with van der Waals surface area (Å²) in [6, 6.07) is 28.5. The summed E-state index contributed by atoms with van der Waals surface area (Å²) in [7, 11) is -4.73. The van der Waals surface area contributed by atoms with Gasteiger partial charge in [-0.2, -0.15) is 35.9 Å². The van der Waals surface area contributed by atoms with Gasteiger partial charge in [-0.15, -0.1) is 0 Å². The minimum absolute atomic E-state index is 0. The van der Waals surface area contributed by atoms with Crippen molar-refractivity contribution in [3.8, 4) is 11.5 Å². The maximum absolute atomic E-state index is 12.2. The van der Waals surface area contributed by atoms with Crippen molar-refractivity contribution in [1.82, 2.24) is 8.83 Å². The normalized spacial score (nSPS) is 11.4. The van der Waals surface area contributed by atoms with Gasteiger partial charge in [0.25, 0.3) is 20.0 Å². The van der Waals surface area contributed by atoms with Gasteiger partial charge in [0.1, 0.15) is 0 Å². The molecule has 0 spiro atoms. The molecule has 0 bridgehead atoms. The fraction of sp³-hybridized carbons (Fsp3) is 0.0714. The zero-order valence-corrected chi connectivity index (χ0v) is 24.5. The first-order chi connectivity index (χ1) is 19.0. The van der Waals surface area contributed by atoms with Crippen LogP contribution in [0.4, 0.5) is 0 Å². The SMILES string of the molecule is CN(/N=C/c1ccccc1[O-])S(=O)(=O)c1ccccc1.CN(/N=C/c1ccccc1[O-])S(=O)(=O)c1ccccc1.[Ni+2]. The molecule has 4 aromatic rings. The molecule has 0 radical (unpaired) electrons. The minimum Gasteiger partial charge on any atom is -0.872 e. The van der Waals surface area contributed by atoms with E-state index >= 15 is 0 Å². The number of nitrogens with zero attached hydrogens (tertiary/aromatic N) is 4. The van der Waals surface area contributed by atoms with Gasteiger partial charge in [-0.1, -0.05) is 96.4 Å². The van der Waals surface area contributed by atoms with Crippen LogP contribution in [0.25, 0.3) is 0 Å². The van der Waals surface area contributed by atoms with Crippen LogP contribution in [0.5, 0.6) is 11.5 Å². The van der Waals surface area contributed by atoms with Crippen molar-refractivity contribution >= 4 is 32.5 Å². The summed E-state index contributed by atoms with van der Waals surface area (Å²) < 4.78 is 50.4. The Morgan fingerprint density at radius 3 is 1.15 bits per heavy atom. The first-order valence-corrected chi connectivity index (χ1v) is 14.6. The van der Waals surface area contributed by atoms with Crippen molar-refractivity contribution in [2.24, 2.45) is 10.2 Å². The zero-order chi connectivity index (χ0) is 29.2. The van der Waals surface area contributed by atoms with E-state index in [4.69, 9.17) is 0 Å². The Labute approximate surface area is 249 Å². The summed E-state index contributed by atoms with van der Waals surface area (Å²) >= 11 is 0. The van der Waals surface area contributed by atoms with E-state index in [0.29, 0.717) is 11.1 Å². The molecule has 13 heteroatoms.